The smallest absolute Gasteiger partial charge is 0.0868 e. The first-order chi connectivity index (χ1) is 7.67. The van der Waals surface area contributed by atoms with E-state index < -0.39 is 0 Å². The highest BCUT2D eigenvalue weighted by molar-refractivity contribution is 4.81. The van der Waals surface area contributed by atoms with Crippen LogP contribution in [0.5, 0.6) is 0 Å². The minimum atomic E-state index is 0.248. The lowest BCUT2D eigenvalue weighted by molar-refractivity contribution is -0.0468. The molecule has 0 aromatic rings. The zero-order chi connectivity index (χ0) is 12.0. The summed E-state index contributed by atoms with van der Waals surface area (Å²) in [4.78, 5) is 2.42. The number of nitrogens with one attached hydrogen (secondary N) is 1. The number of hydrogen-bond acceptors (Lipinski definition) is 4. The molecule has 2 unspecified atom stereocenters. The summed E-state index contributed by atoms with van der Waals surface area (Å²) < 4.78 is 5.81. The van der Waals surface area contributed by atoms with Gasteiger partial charge in [-0.15, -0.1) is 0 Å². The van der Waals surface area contributed by atoms with Gasteiger partial charge in [-0.2, -0.15) is 0 Å². The number of likely N-dealkylation sites (N-methyl/N-ethyl adjacent to an activating group) is 1. The summed E-state index contributed by atoms with van der Waals surface area (Å²) in [5, 5.41) is 0. The first-order valence-corrected chi connectivity index (χ1v) is 6.47. The molecule has 0 spiro atoms. The van der Waals surface area contributed by atoms with Gasteiger partial charge in [0.15, 0.2) is 0 Å². The normalized spacial score (nSPS) is 24.9. The van der Waals surface area contributed by atoms with Gasteiger partial charge >= 0.3 is 0 Å². The van der Waals surface area contributed by atoms with Crippen molar-refractivity contribution >= 4 is 0 Å². The number of nitrogens with zero attached hydrogens (tertiary/aromatic N) is 1. The van der Waals surface area contributed by atoms with Gasteiger partial charge in [-0.3, -0.25) is 16.2 Å². The molecule has 0 bridgehead atoms. The van der Waals surface area contributed by atoms with E-state index in [1.807, 2.05) is 0 Å². The number of hydrogen-bond donors (Lipinski definition) is 2. The van der Waals surface area contributed by atoms with E-state index >= 15 is 0 Å². The maximum absolute atomic E-state index is 5.81. The van der Waals surface area contributed by atoms with Gasteiger partial charge in [0.25, 0.3) is 0 Å². The fourth-order valence-electron chi connectivity index (χ4n) is 2.15. The Morgan fingerprint density at radius 1 is 1.44 bits per heavy atom. The first-order valence-electron chi connectivity index (χ1n) is 6.47. The highest BCUT2D eigenvalue weighted by atomic mass is 16.5. The van der Waals surface area contributed by atoms with Crippen LogP contribution in [0.25, 0.3) is 0 Å². The molecule has 3 N–H and O–H groups in total. The molecule has 4 heteroatoms. The van der Waals surface area contributed by atoms with E-state index in [1.165, 1.54) is 6.42 Å². The Morgan fingerprint density at radius 2 is 2.19 bits per heavy atom. The van der Waals surface area contributed by atoms with Crippen LogP contribution in [-0.2, 0) is 4.74 Å². The molecule has 0 aromatic heterocycles. The molecule has 1 saturated heterocycles. The molecule has 2 atom stereocenters. The van der Waals surface area contributed by atoms with Crippen LogP contribution in [0.15, 0.2) is 0 Å². The van der Waals surface area contributed by atoms with Crippen molar-refractivity contribution in [1.82, 2.24) is 10.3 Å². The summed E-state index contributed by atoms with van der Waals surface area (Å²) in [7, 11) is 0. The molecule has 1 heterocycles. The zero-order valence-electron chi connectivity index (χ0n) is 10.9. The van der Waals surface area contributed by atoms with Crippen molar-refractivity contribution in [2.45, 2.75) is 45.8 Å². The fraction of sp³-hybridized carbons (Fsp3) is 1.00. The minimum absolute atomic E-state index is 0.248. The second-order valence-electron chi connectivity index (χ2n) is 5.05. The van der Waals surface area contributed by atoms with Gasteiger partial charge in [0.1, 0.15) is 0 Å². The monoisotopic (exact) mass is 229 g/mol. The summed E-state index contributed by atoms with van der Waals surface area (Å²) in [5.41, 5.74) is 2.92. The Morgan fingerprint density at radius 3 is 2.75 bits per heavy atom. The molecule has 96 valence electrons. The van der Waals surface area contributed by atoms with Crippen LogP contribution in [0.1, 0.15) is 33.6 Å². The highest BCUT2D eigenvalue weighted by Gasteiger charge is 2.26. The molecular weight excluding hydrogens is 202 g/mol. The standard InChI is InChI=1S/C12H27N3O/c1-4-15-7-8-16-12(9-15)11(14-13)6-5-10(2)3/h10-12,14H,4-9,13H2,1-3H3. The molecule has 0 radical (unpaired) electrons. The third-order valence-corrected chi connectivity index (χ3v) is 3.34. The minimum Gasteiger partial charge on any atom is -0.374 e. The van der Waals surface area contributed by atoms with Crippen LogP contribution < -0.4 is 11.3 Å². The summed E-state index contributed by atoms with van der Waals surface area (Å²) in [5.74, 6) is 6.35. The van der Waals surface area contributed by atoms with Gasteiger partial charge in [0.05, 0.1) is 12.7 Å². The molecule has 1 aliphatic rings. The molecule has 0 aromatic carbocycles. The summed E-state index contributed by atoms with van der Waals surface area (Å²) in [6.45, 7) is 10.7. The predicted molar refractivity (Wildman–Crippen MR) is 67.0 cm³/mol. The van der Waals surface area contributed by atoms with Crippen LogP contribution in [0.2, 0.25) is 0 Å². The summed E-state index contributed by atoms with van der Waals surface area (Å²) in [6, 6.07) is 0.289. The molecule has 0 saturated carbocycles. The highest BCUT2D eigenvalue weighted by Crippen LogP contribution is 2.14. The van der Waals surface area contributed by atoms with Crippen molar-refractivity contribution in [3.8, 4) is 0 Å². The third kappa shape index (κ3) is 4.37. The molecule has 1 aliphatic heterocycles. The van der Waals surface area contributed by atoms with E-state index in [-0.39, 0.29) is 12.1 Å². The van der Waals surface area contributed by atoms with Gasteiger partial charge in [0, 0.05) is 19.1 Å². The average Bonchev–Trinajstić information content (AvgIpc) is 2.30. The van der Waals surface area contributed by atoms with Crippen molar-refractivity contribution in [2.75, 3.05) is 26.2 Å². The second-order valence-corrected chi connectivity index (χ2v) is 5.05. The maximum atomic E-state index is 5.81. The topological polar surface area (TPSA) is 50.5 Å². The number of ether oxygens (including phenoxy) is 1. The van der Waals surface area contributed by atoms with Crippen molar-refractivity contribution in [2.24, 2.45) is 11.8 Å². The Kier molecular flexibility index (Phi) is 6.28. The molecule has 1 fully saturated rings. The van der Waals surface area contributed by atoms with Crippen LogP contribution in [0.3, 0.4) is 0 Å². The summed E-state index contributed by atoms with van der Waals surface area (Å²) in [6.07, 6.45) is 2.54. The van der Waals surface area contributed by atoms with Crippen LogP contribution >= 0.6 is 0 Å². The van der Waals surface area contributed by atoms with Crippen molar-refractivity contribution < 1.29 is 4.74 Å². The van der Waals surface area contributed by atoms with E-state index in [9.17, 15) is 0 Å². The molecule has 0 aliphatic carbocycles. The largest absolute Gasteiger partial charge is 0.374 e. The van der Waals surface area contributed by atoms with E-state index in [2.05, 4.69) is 31.1 Å². The van der Waals surface area contributed by atoms with E-state index in [4.69, 9.17) is 10.6 Å². The lowest BCUT2D eigenvalue weighted by Gasteiger charge is -2.36. The van der Waals surface area contributed by atoms with Crippen LogP contribution in [0, 0.1) is 5.92 Å². The molecule has 4 nitrogen and oxygen atoms in total. The molecular formula is C12H27N3O. The number of rotatable bonds is 6. The zero-order valence-corrected chi connectivity index (χ0v) is 10.9. The van der Waals surface area contributed by atoms with E-state index in [1.54, 1.807) is 0 Å². The SMILES string of the molecule is CCN1CCOC(C(CCC(C)C)NN)C1. The average molecular weight is 229 g/mol. The first kappa shape index (κ1) is 13.9. The van der Waals surface area contributed by atoms with Gasteiger partial charge in [0.2, 0.25) is 0 Å². The third-order valence-electron chi connectivity index (χ3n) is 3.34. The summed E-state index contributed by atoms with van der Waals surface area (Å²) >= 11 is 0. The number of hydrazine groups is 1. The number of nitrogens with two attached hydrogens (primary N) is 1. The number of morpholine rings is 1. The van der Waals surface area contributed by atoms with E-state index in [0.29, 0.717) is 0 Å². The molecule has 1 rings (SSSR count). The predicted octanol–water partition coefficient (Wildman–Crippen LogP) is 0.975. The van der Waals surface area contributed by atoms with Gasteiger partial charge < -0.3 is 4.74 Å². The fourth-order valence-corrected chi connectivity index (χ4v) is 2.15. The van der Waals surface area contributed by atoms with Crippen LogP contribution in [-0.4, -0.2) is 43.3 Å². The van der Waals surface area contributed by atoms with Crippen molar-refractivity contribution in [1.29, 1.82) is 0 Å². The van der Waals surface area contributed by atoms with Crippen molar-refractivity contribution in [3.63, 3.8) is 0 Å². The van der Waals surface area contributed by atoms with Crippen LogP contribution in [0.4, 0.5) is 0 Å². The Balaban J connectivity index is 2.38. The Hall–Kier alpha value is -0.160. The Bertz CT molecular complexity index is 187. The molecule has 16 heavy (non-hydrogen) atoms. The van der Waals surface area contributed by atoms with E-state index in [0.717, 1.165) is 38.6 Å². The van der Waals surface area contributed by atoms with Gasteiger partial charge in [-0.05, 0) is 25.3 Å². The lowest BCUT2D eigenvalue weighted by atomic mass is 9.99. The van der Waals surface area contributed by atoms with Gasteiger partial charge in [-0.1, -0.05) is 20.8 Å². The quantitative estimate of drug-likeness (QED) is 0.526. The Labute approximate surface area is 99.5 Å². The maximum Gasteiger partial charge on any atom is 0.0868 e. The van der Waals surface area contributed by atoms with Crippen molar-refractivity contribution in [3.05, 3.63) is 0 Å². The second kappa shape index (κ2) is 7.22. The molecule has 0 amide bonds. The lowest BCUT2D eigenvalue weighted by Crippen LogP contribution is -2.53. The van der Waals surface area contributed by atoms with Gasteiger partial charge in [-0.25, -0.2) is 0 Å².